The zero-order chi connectivity index (χ0) is 6.53. The molecule has 1 aliphatic carbocycles. The van der Waals surface area contributed by atoms with Gasteiger partial charge in [-0.05, 0) is 0 Å². The molecule has 54 valence electrons. The number of hydrogen-bond donors (Lipinski definition) is 0. The first-order chi connectivity index (χ1) is 4.39. The normalized spacial score (nSPS) is 22.2. The Morgan fingerprint density at radius 2 is 1.89 bits per heavy atom. The van der Waals surface area contributed by atoms with Gasteiger partial charge in [-0.15, -0.1) is 0 Å². The zero-order valence-corrected chi connectivity index (χ0v) is 8.05. The molecule has 0 aromatic carbocycles. The molecule has 0 nitrogen and oxygen atoms in total. The van der Waals surface area contributed by atoms with Crippen LogP contribution in [-0.2, 0) is 18.9 Å². The van der Waals surface area contributed by atoms with E-state index in [0.29, 0.717) is 0 Å². The summed E-state index contributed by atoms with van der Waals surface area (Å²) in [5.41, 5.74) is 0. The van der Waals surface area contributed by atoms with E-state index in [-0.39, 0.29) is 0 Å². The summed E-state index contributed by atoms with van der Waals surface area (Å²) in [6.07, 6.45) is 10.8. The van der Waals surface area contributed by atoms with Crippen LogP contribution >= 0.6 is 0 Å². The SMILES string of the molecule is [Ir][C]1=CCCCCCC1. The molecule has 1 heteroatoms. The van der Waals surface area contributed by atoms with Gasteiger partial charge in [0.05, 0.1) is 0 Å². The van der Waals surface area contributed by atoms with Crippen molar-refractivity contribution in [3.8, 4) is 0 Å². The molecule has 0 atom stereocenters. The second kappa shape index (κ2) is 4.24. The van der Waals surface area contributed by atoms with Crippen molar-refractivity contribution in [1.29, 1.82) is 0 Å². The zero-order valence-electron chi connectivity index (χ0n) is 5.65. The summed E-state index contributed by atoms with van der Waals surface area (Å²) in [7, 11) is 0. The van der Waals surface area contributed by atoms with E-state index in [4.69, 9.17) is 0 Å². The van der Waals surface area contributed by atoms with Crippen molar-refractivity contribution >= 4 is 0 Å². The van der Waals surface area contributed by atoms with E-state index >= 15 is 0 Å². The second-order valence-corrected chi connectivity index (χ2v) is 4.11. The fourth-order valence-electron chi connectivity index (χ4n) is 1.14. The Bertz CT molecular complexity index is 105. The number of allylic oxidation sites excluding steroid dienone is 2. The average Bonchev–Trinajstić information content (AvgIpc) is 1.79. The maximum atomic E-state index is 2.40. The van der Waals surface area contributed by atoms with Gasteiger partial charge < -0.3 is 0 Å². The molecule has 1 aliphatic rings. The fraction of sp³-hybridized carbons (Fsp3) is 0.750. The van der Waals surface area contributed by atoms with Gasteiger partial charge in [0, 0.05) is 0 Å². The Labute approximate surface area is 67.9 Å². The van der Waals surface area contributed by atoms with Gasteiger partial charge in [-0.2, -0.15) is 0 Å². The van der Waals surface area contributed by atoms with Gasteiger partial charge in [-0.1, -0.05) is 0 Å². The molecule has 9 heavy (non-hydrogen) atoms. The third kappa shape index (κ3) is 3.17. The van der Waals surface area contributed by atoms with Gasteiger partial charge in [0.1, 0.15) is 0 Å². The van der Waals surface area contributed by atoms with E-state index in [1.165, 1.54) is 38.5 Å². The molecule has 0 aliphatic heterocycles. The van der Waals surface area contributed by atoms with Crippen molar-refractivity contribution in [2.24, 2.45) is 0 Å². The number of rotatable bonds is 0. The van der Waals surface area contributed by atoms with Crippen LogP contribution in [0.4, 0.5) is 0 Å². The van der Waals surface area contributed by atoms with E-state index < -0.39 is 0 Å². The summed E-state index contributed by atoms with van der Waals surface area (Å²) >= 11 is 2.26. The quantitative estimate of drug-likeness (QED) is 0.645. The molecule has 0 bridgehead atoms. The molecule has 0 saturated carbocycles. The molecule has 0 saturated heterocycles. The predicted octanol–water partition coefficient (Wildman–Crippen LogP) is 2.77. The van der Waals surface area contributed by atoms with Crippen LogP contribution < -0.4 is 0 Å². The fourth-order valence-corrected chi connectivity index (χ4v) is 1.91. The molecule has 0 fully saturated rings. The number of hydrogen-bond acceptors (Lipinski definition) is 0. The van der Waals surface area contributed by atoms with Gasteiger partial charge in [-0.3, -0.25) is 0 Å². The molecule has 0 aromatic rings. The molecule has 0 unspecified atom stereocenters. The van der Waals surface area contributed by atoms with Crippen LogP contribution in [0.15, 0.2) is 10.2 Å². The van der Waals surface area contributed by atoms with Crippen LogP contribution in [0, 0.1) is 0 Å². The van der Waals surface area contributed by atoms with Gasteiger partial charge in [0.25, 0.3) is 0 Å². The molecular formula is C8H13Ir. The summed E-state index contributed by atoms with van der Waals surface area (Å²) in [5, 5.41) is 0. The van der Waals surface area contributed by atoms with Gasteiger partial charge >= 0.3 is 67.6 Å². The summed E-state index contributed by atoms with van der Waals surface area (Å²) < 4.78 is 1.61. The van der Waals surface area contributed by atoms with Crippen molar-refractivity contribution in [1.82, 2.24) is 0 Å². The van der Waals surface area contributed by atoms with Crippen LogP contribution in [0.3, 0.4) is 0 Å². The van der Waals surface area contributed by atoms with Gasteiger partial charge in [0.15, 0.2) is 0 Å². The van der Waals surface area contributed by atoms with Crippen molar-refractivity contribution in [2.45, 2.75) is 38.5 Å². The Morgan fingerprint density at radius 3 is 2.78 bits per heavy atom. The molecule has 0 spiro atoms. The van der Waals surface area contributed by atoms with Crippen molar-refractivity contribution in [3.05, 3.63) is 10.2 Å². The van der Waals surface area contributed by atoms with Crippen LogP contribution in [0.5, 0.6) is 0 Å². The van der Waals surface area contributed by atoms with E-state index in [1.54, 1.807) is 4.09 Å². The molecule has 0 heterocycles. The van der Waals surface area contributed by atoms with E-state index in [0.717, 1.165) is 0 Å². The first-order valence-electron chi connectivity index (χ1n) is 3.72. The summed E-state index contributed by atoms with van der Waals surface area (Å²) in [6, 6.07) is 0. The van der Waals surface area contributed by atoms with Crippen LogP contribution in [0.2, 0.25) is 0 Å². The minimum atomic E-state index is 1.33. The Kier molecular flexibility index (Phi) is 3.53. The average molecular weight is 301 g/mol. The Hall–Kier alpha value is 0.389. The maximum absolute atomic E-state index is 2.40. The molecule has 0 aromatic heterocycles. The van der Waals surface area contributed by atoms with E-state index in [1.807, 2.05) is 0 Å². The molecule has 0 radical (unpaired) electrons. The first-order valence-corrected chi connectivity index (χ1v) is 4.91. The monoisotopic (exact) mass is 302 g/mol. The van der Waals surface area contributed by atoms with E-state index in [9.17, 15) is 0 Å². The second-order valence-electron chi connectivity index (χ2n) is 2.58. The molecule has 1 rings (SSSR count). The van der Waals surface area contributed by atoms with E-state index in [2.05, 4.69) is 25.0 Å². The van der Waals surface area contributed by atoms with Gasteiger partial charge in [0.2, 0.25) is 0 Å². The van der Waals surface area contributed by atoms with Crippen LogP contribution in [-0.4, -0.2) is 0 Å². The molecule has 0 N–H and O–H groups in total. The predicted molar refractivity (Wildman–Crippen MR) is 35.8 cm³/mol. The Balaban J connectivity index is 2.32. The van der Waals surface area contributed by atoms with Gasteiger partial charge in [-0.25, -0.2) is 0 Å². The van der Waals surface area contributed by atoms with Crippen molar-refractivity contribution < 1.29 is 18.9 Å². The summed E-state index contributed by atoms with van der Waals surface area (Å²) in [6.45, 7) is 0. The molecule has 0 amide bonds. The summed E-state index contributed by atoms with van der Waals surface area (Å²) in [5.74, 6) is 0. The summed E-state index contributed by atoms with van der Waals surface area (Å²) in [4.78, 5) is 0. The van der Waals surface area contributed by atoms with Crippen LogP contribution in [0.25, 0.3) is 0 Å². The molecular weight excluding hydrogens is 288 g/mol. The third-order valence-corrected chi connectivity index (χ3v) is 2.80. The van der Waals surface area contributed by atoms with Crippen molar-refractivity contribution in [3.63, 3.8) is 0 Å². The first kappa shape index (κ1) is 7.50. The topological polar surface area (TPSA) is 0 Å². The standard InChI is InChI=1S/C8H13.Ir/c1-2-4-6-8-7-5-3-1;/h1H,2,4-8H2;. The Morgan fingerprint density at radius 1 is 1.11 bits per heavy atom. The minimum absolute atomic E-state index is 1.33. The van der Waals surface area contributed by atoms with Crippen molar-refractivity contribution in [2.75, 3.05) is 0 Å². The third-order valence-electron chi connectivity index (χ3n) is 1.72. The van der Waals surface area contributed by atoms with Crippen LogP contribution in [0.1, 0.15) is 38.5 Å².